The van der Waals surface area contributed by atoms with Gasteiger partial charge in [0.25, 0.3) is 0 Å². The summed E-state index contributed by atoms with van der Waals surface area (Å²) in [6, 6.07) is 16.2. The van der Waals surface area contributed by atoms with Crippen molar-refractivity contribution in [1.82, 2.24) is 0 Å². The van der Waals surface area contributed by atoms with E-state index in [-0.39, 0.29) is 5.78 Å². The van der Waals surface area contributed by atoms with Gasteiger partial charge in [-0.1, -0.05) is 49.8 Å². The fraction of sp³-hybridized carbons (Fsp3) is 0.419. The van der Waals surface area contributed by atoms with E-state index < -0.39 is 0 Å². The molecule has 0 saturated heterocycles. The molecule has 1 aliphatic carbocycles. The van der Waals surface area contributed by atoms with Gasteiger partial charge in [-0.2, -0.15) is 5.26 Å². The Hall–Kier alpha value is -2.92. The van der Waals surface area contributed by atoms with Crippen molar-refractivity contribution in [2.24, 2.45) is 11.8 Å². The molecule has 2 nitrogen and oxygen atoms in total. The van der Waals surface area contributed by atoms with Gasteiger partial charge in [0.1, 0.15) is 0 Å². The minimum absolute atomic E-state index is 0.218. The third-order valence-corrected chi connectivity index (χ3v) is 7.51. The Morgan fingerprint density at radius 1 is 1.21 bits per heavy atom. The van der Waals surface area contributed by atoms with Crippen LogP contribution in [0.3, 0.4) is 0 Å². The van der Waals surface area contributed by atoms with Gasteiger partial charge in [-0.3, -0.25) is 4.79 Å². The Balaban J connectivity index is 1.74. The molecule has 0 amide bonds. The first-order valence-electron chi connectivity index (χ1n) is 12.3. The Bertz CT molecular complexity index is 1070. The quantitative estimate of drug-likeness (QED) is 0.275. The number of aryl methyl sites for hydroxylation is 1. The summed E-state index contributed by atoms with van der Waals surface area (Å²) in [5.41, 5.74) is 8.13. The zero-order valence-electron chi connectivity index (χ0n) is 20.7. The van der Waals surface area contributed by atoms with Crippen LogP contribution < -0.4 is 0 Å². The van der Waals surface area contributed by atoms with Crippen molar-refractivity contribution in [3.63, 3.8) is 0 Å². The summed E-state index contributed by atoms with van der Waals surface area (Å²) in [5, 5.41) is 9.03. The maximum absolute atomic E-state index is 13.2. The summed E-state index contributed by atoms with van der Waals surface area (Å²) in [4.78, 5) is 13.2. The largest absolute Gasteiger partial charge is 0.294 e. The summed E-state index contributed by atoms with van der Waals surface area (Å²) in [5.74, 6) is 1.72. The fourth-order valence-corrected chi connectivity index (χ4v) is 5.44. The molecule has 2 aromatic rings. The van der Waals surface area contributed by atoms with Crippen LogP contribution in [0.4, 0.5) is 0 Å². The average Bonchev–Trinajstić information content (AvgIpc) is 3.11. The average molecular weight is 440 g/mol. The Labute approximate surface area is 200 Å². The second-order valence-electron chi connectivity index (χ2n) is 9.64. The molecular formula is C31H37NO. The lowest BCUT2D eigenvalue weighted by Crippen LogP contribution is -2.09. The number of hydrogen-bond donors (Lipinski definition) is 0. The van der Waals surface area contributed by atoms with Crippen LogP contribution in [0.15, 0.2) is 60.7 Å². The maximum atomic E-state index is 13.2. The Morgan fingerprint density at radius 2 is 1.94 bits per heavy atom. The van der Waals surface area contributed by atoms with Crippen LogP contribution in [0.2, 0.25) is 0 Å². The number of nitriles is 1. The number of ketones is 1. The number of carbonyl (C=O) groups excluding carboxylic acids is 1. The van der Waals surface area contributed by atoms with Gasteiger partial charge in [-0.15, -0.1) is 6.58 Å². The summed E-state index contributed by atoms with van der Waals surface area (Å²) in [7, 11) is 0. The molecule has 3 atom stereocenters. The molecule has 0 radical (unpaired) electrons. The number of allylic oxidation sites excluding steroid dienone is 3. The molecule has 1 aliphatic rings. The maximum Gasteiger partial charge on any atom is 0.162 e. The SMILES string of the molecule is C=CCCC1CC(C)=C(c2cc(C(=O)CCC(CC)c3ccc(C#N)cc3)ccc2C)C1C. The molecule has 0 aliphatic heterocycles. The van der Waals surface area contributed by atoms with Crippen LogP contribution in [-0.2, 0) is 0 Å². The zero-order chi connectivity index (χ0) is 24.0. The van der Waals surface area contributed by atoms with E-state index in [1.807, 2.05) is 36.4 Å². The molecule has 0 N–H and O–H groups in total. The lowest BCUT2D eigenvalue weighted by atomic mass is 9.84. The minimum Gasteiger partial charge on any atom is -0.294 e. The molecule has 33 heavy (non-hydrogen) atoms. The first kappa shape index (κ1) is 24.7. The highest BCUT2D eigenvalue weighted by atomic mass is 16.1. The lowest BCUT2D eigenvalue weighted by Gasteiger charge is -2.20. The highest BCUT2D eigenvalue weighted by Crippen LogP contribution is 2.45. The van der Waals surface area contributed by atoms with E-state index in [4.69, 9.17) is 5.26 Å². The zero-order valence-corrected chi connectivity index (χ0v) is 20.7. The molecule has 3 rings (SSSR count). The normalized spacial score (nSPS) is 18.8. The predicted molar refractivity (Wildman–Crippen MR) is 138 cm³/mol. The standard InChI is InChI=1S/C31H37NO/c1-6-8-9-27-18-22(4)31(23(27)5)29-19-28(13-10-21(29)3)30(33)17-16-25(7-2)26-14-11-24(20-32)12-15-26/h6,10-15,19,23,25,27H,1,7-9,16-18H2,2-5H3. The van der Waals surface area contributed by atoms with Gasteiger partial charge in [0.2, 0.25) is 0 Å². The number of nitrogens with zero attached hydrogens (tertiary/aromatic N) is 1. The summed E-state index contributed by atoms with van der Waals surface area (Å²) in [6.45, 7) is 12.8. The van der Waals surface area contributed by atoms with E-state index in [0.717, 1.165) is 31.2 Å². The number of rotatable bonds is 10. The van der Waals surface area contributed by atoms with Gasteiger partial charge in [0.15, 0.2) is 5.78 Å². The van der Waals surface area contributed by atoms with Crippen LogP contribution in [0.1, 0.15) is 97.8 Å². The van der Waals surface area contributed by atoms with Gasteiger partial charge in [0.05, 0.1) is 11.6 Å². The van der Waals surface area contributed by atoms with Crippen LogP contribution in [-0.4, -0.2) is 5.78 Å². The van der Waals surface area contributed by atoms with Crippen molar-refractivity contribution in [3.05, 3.63) is 88.5 Å². The van der Waals surface area contributed by atoms with Gasteiger partial charge >= 0.3 is 0 Å². The second-order valence-corrected chi connectivity index (χ2v) is 9.64. The van der Waals surface area contributed by atoms with Crippen molar-refractivity contribution in [2.75, 3.05) is 0 Å². The van der Waals surface area contributed by atoms with E-state index >= 15 is 0 Å². The molecular weight excluding hydrogens is 402 g/mol. The second kappa shape index (κ2) is 11.3. The van der Waals surface area contributed by atoms with E-state index in [2.05, 4.69) is 52.5 Å². The summed E-state index contributed by atoms with van der Waals surface area (Å²) >= 11 is 0. The number of hydrogen-bond acceptors (Lipinski definition) is 2. The number of carbonyl (C=O) groups is 1. The van der Waals surface area contributed by atoms with Crippen molar-refractivity contribution < 1.29 is 4.79 Å². The first-order valence-corrected chi connectivity index (χ1v) is 12.3. The molecule has 0 heterocycles. The van der Waals surface area contributed by atoms with Gasteiger partial charge in [-0.25, -0.2) is 0 Å². The summed E-state index contributed by atoms with van der Waals surface area (Å²) in [6.07, 6.45) is 7.75. The van der Waals surface area contributed by atoms with Gasteiger partial charge in [-0.05, 0) is 104 Å². The van der Waals surface area contributed by atoms with Crippen molar-refractivity contribution in [2.45, 2.75) is 72.1 Å². The molecule has 3 unspecified atom stereocenters. The van der Waals surface area contributed by atoms with E-state index in [0.29, 0.717) is 29.7 Å². The third-order valence-electron chi connectivity index (χ3n) is 7.51. The van der Waals surface area contributed by atoms with Crippen molar-refractivity contribution >= 4 is 11.4 Å². The van der Waals surface area contributed by atoms with E-state index in [9.17, 15) is 4.79 Å². The molecule has 0 saturated carbocycles. The van der Waals surface area contributed by atoms with Gasteiger partial charge in [0, 0.05) is 12.0 Å². The van der Waals surface area contributed by atoms with Crippen LogP contribution >= 0.6 is 0 Å². The van der Waals surface area contributed by atoms with Gasteiger partial charge < -0.3 is 0 Å². The van der Waals surface area contributed by atoms with Crippen LogP contribution in [0.25, 0.3) is 5.57 Å². The molecule has 0 fully saturated rings. The van der Waals surface area contributed by atoms with E-state index in [1.165, 1.54) is 34.3 Å². The number of benzene rings is 2. The fourth-order valence-electron chi connectivity index (χ4n) is 5.44. The minimum atomic E-state index is 0.218. The smallest absolute Gasteiger partial charge is 0.162 e. The molecule has 0 bridgehead atoms. The summed E-state index contributed by atoms with van der Waals surface area (Å²) < 4.78 is 0. The highest BCUT2D eigenvalue weighted by molar-refractivity contribution is 5.97. The number of Topliss-reactive ketones (excluding diaryl/α,β-unsaturated/α-hetero) is 1. The molecule has 2 heteroatoms. The first-order chi connectivity index (χ1) is 15.9. The monoisotopic (exact) mass is 439 g/mol. The Kier molecular flexibility index (Phi) is 8.45. The predicted octanol–water partition coefficient (Wildman–Crippen LogP) is 8.42. The molecule has 172 valence electrons. The van der Waals surface area contributed by atoms with Crippen molar-refractivity contribution in [3.8, 4) is 6.07 Å². The third kappa shape index (κ3) is 5.72. The Morgan fingerprint density at radius 3 is 2.58 bits per heavy atom. The van der Waals surface area contributed by atoms with E-state index in [1.54, 1.807) is 0 Å². The molecule has 2 aromatic carbocycles. The lowest BCUT2D eigenvalue weighted by molar-refractivity contribution is 0.0977. The highest BCUT2D eigenvalue weighted by Gasteiger charge is 2.30. The topological polar surface area (TPSA) is 40.9 Å². The molecule has 0 spiro atoms. The van der Waals surface area contributed by atoms with Crippen LogP contribution in [0, 0.1) is 30.1 Å². The van der Waals surface area contributed by atoms with Crippen molar-refractivity contribution in [1.29, 1.82) is 5.26 Å². The van der Waals surface area contributed by atoms with Crippen LogP contribution in [0.5, 0.6) is 0 Å². The molecule has 0 aromatic heterocycles.